The molecule has 12 heteroatoms. The number of nitrogens with zero attached hydrogens (tertiary/aromatic N) is 2. The maximum atomic E-state index is 14.2. The van der Waals surface area contributed by atoms with Gasteiger partial charge in [-0.05, 0) is 26.0 Å². The molecule has 3 atom stereocenters. The molecule has 2 aromatic rings. The number of likely N-dealkylation sites (tertiary alicyclic amines) is 1. The summed E-state index contributed by atoms with van der Waals surface area (Å²) in [6, 6.07) is 3.52. The van der Waals surface area contributed by atoms with Gasteiger partial charge in [0.2, 0.25) is 6.23 Å². The van der Waals surface area contributed by atoms with Crippen LogP contribution in [0.5, 0.6) is 5.75 Å². The first-order chi connectivity index (χ1) is 18.3. The van der Waals surface area contributed by atoms with E-state index in [1.54, 1.807) is 37.6 Å². The zero-order valence-corrected chi connectivity index (χ0v) is 22.5. The van der Waals surface area contributed by atoms with Gasteiger partial charge >= 0.3 is 17.9 Å². The van der Waals surface area contributed by atoms with Crippen LogP contribution in [0.3, 0.4) is 0 Å². The predicted molar refractivity (Wildman–Crippen MR) is 137 cm³/mol. The number of urea groups is 1. The smallest absolute Gasteiger partial charge is 0.427 e. The number of carbonyl (C=O) groups excluding carboxylic acids is 4. The topological polar surface area (TPSA) is 133 Å². The number of nitrogens with one attached hydrogen (secondary N) is 2. The van der Waals surface area contributed by atoms with E-state index in [2.05, 4.69) is 15.6 Å². The second-order valence-corrected chi connectivity index (χ2v) is 10.1. The second kappa shape index (κ2) is 12.0. The molecule has 0 aliphatic carbocycles. The highest BCUT2D eigenvalue weighted by molar-refractivity contribution is 7.07. The molecule has 0 radical (unpaired) electrons. The molecule has 38 heavy (non-hydrogen) atoms. The number of cyclic esters (lactones) is 1. The molecule has 11 nitrogen and oxygen atoms in total. The van der Waals surface area contributed by atoms with Crippen molar-refractivity contribution in [2.75, 3.05) is 26.8 Å². The number of benzene rings is 1. The lowest BCUT2D eigenvalue weighted by Gasteiger charge is -2.33. The summed E-state index contributed by atoms with van der Waals surface area (Å²) >= 11 is 1.38. The molecule has 4 rings (SSSR count). The first-order valence-corrected chi connectivity index (χ1v) is 13.6. The molecule has 0 bridgehead atoms. The number of amides is 4. The molecule has 3 heterocycles. The lowest BCUT2D eigenvalue weighted by atomic mass is 10.0. The molecule has 2 N–H and O–H groups in total. The highest BCUT2D eigenvalue weighted by Crippen LogP contribution is 2.26. The van der Waals surface area contributed by atoms with E-state index >= 15 is 0 Å². The number of ether oxygens (including phenoxy) is 3. The molecule has 2 aliphatic heterocycles. The highest BCUT2D eigenvalue weighted by atomic mass is 32.1. The van der Waals surface area contributed by atoms with Crippen molar-refractivity contribution >= 4 is 35.2 Å². The van der Waals surface area contributed by atoms with E-state index in [0.29, 0.717) is 42.0 Å². The minimum atomic E-state index is -1.02. The van der Waals surface area contributed by atoms with Crippen LogP contribution in [0, 0.1) is 6.92 Å². The van der Waals surface area contributed by atoms with Crippen molar-refractivity contribution in [3.8, 4) is 5.75 Å². The van der Waals surface area contributed by atoms with Crippen LogP contribution in [0.1, 0.15) is 47.8 Å². The summed E-state index contributed by atoms with van der Waals surface area (Å²) in [4.78, 5) is 57.4. The van der Waals surface area contributed by atoms with Crippen LogP contribution >= 0.6 is 11.3 Å². The van der Waals surface area contributed by atoms with Gasteiger partial charge in [-0.25, -0.2) is 14.6 Å². The Hall–Kier alpha value is -3.35. The van der Waals surface area contributed by atoms with Crippen molar-refractivity contribution in [1.82, 2.24) is 15.6 Å². The minimum absolute atomic E-state index is 0.0229. The fourth-order valence-electron chi connectivity index (χ4n) is 5.03. The zero-order valence-electron chi connectivity index (χ0n) is 21.7. The fourth-order valence-corrected chi connectivity index (χ4v) is 5.60. The van der Waals surface area contributed by atoms with Gasteiger partial charge < -0.3 is 19.5 Å². The third-order valence-electron chi connectivity index (χ3n) is 7.00. The largest absolute Gasteiger partial charge is 0.496 e. The Bertz CT molecular complexity index is 1180. The van der Waals surface area contributed by atoms with Gasteiger partial charge in [0.05, 0.1) is 37.8 Å². The van der Waals surface area contributed by atoms with E-state index in [1.807, 2.05) is 5.38 Å². The van der Waals surface area contributed by atoms with E-state index < -0.39 is 46.7 Å². The molecule has 2 aliphatic rings. The number of esters is 1. The number of methoxy groups -OCH3 is 1. The van der Waals surface area contributed by atoms with Gasteiger partial charge in [0.1, 0.15) is 11.9 Å². The summed E-state index contributed by atoms with van der Waals surface area (Å²) in [5.74, 6) is -0.819. The van der Waals surface area contributed by atoms with Crippen molar-refractivity contribution < 1.29 is 37.9 Å². The van der Waals surface area contributed by atoms with Crippen molar-refractivity contribution in [2.24, 2.45) is 0 Å². The van der Waals surface area contributed by atoms with Gasteiger partial charge in [0.25, 0.3) is 5.91 Å². The number of hydrogen-bond acceptors (Lipinski definition) is 9. The SMILES string of the molecule is CCO[C@H]1CC(=O)O[C@H]1NC(=O)[N+]1(C(=O)[C@H](Cc2cscn2)NC(=O)c2cccc(OC)c2C)CCCC1. The maximum absolute atomic E-state index is 14.2. The monoisotopic (exact) mass is 545 g/mol. The number of hydrogen-bond donors (Lipinski definition) is 2. The molecular formula is C26H33N4O7S+. The van der Waals surface area contributed by atoms with Crippen LogP contribution in [-0.2, 0) is 25.5 Å². The number of carbonyl (C=O) groups is 4. The molecule has 0 unspecified atom stereocenters. The van der Waals surface area contributed by atoms with Crippen molar-refractivity contribution in [3.63, 3.8) is 0 Å². The van der Waals surface area contributed by atoms with Crippen LogP contribution in [0.2, 0.25) is 0 Å². The van der Waals surface area contributed by atoms with E-state index in [4.69, 9.17) is 14.2 Å². The summed E-state index contributed by atoms with van der Waals surface area (Å²) in [6.45, 7) is 4.44. The first kappa shape index (κ1) is 27.7. The van der Waals surface area contributed by atoms with Crippen LogP contribution in [0.4, 0.5) is 4.79 Å². The van der Waals surface area contributed by atoms with Crippen LogP contribution in [0.25, 0.3) is 0 Å². The molecule has 2 saturated heterocycles. The summed E-state index contributed by atoms with van der Waals surface area (Å²) in [7, 11) is 1.52. The Morgan fingerprint density at radius 3 is 2.68 bits per heavy atom. The van der Waals surface area contributed by atoms with E-state index in [0.717, 1.165) is 0 Å². The summed E-state index contributed by atoms with van der Waals surface area (Å²) in [5, 5.41) is 7.40. The summed E-state index contributed by atoms with van der Waals surface area (Å²) in [6.07, 6.45) is -0.144. The Morgan fingerprint density at radius 2 is 2.03 bits per heavy atom. The van der Waals surface area contributed by atoms with Crippen molar-refractivity contribution in [2.45, 2.75) is 57.9 Å². The van der Waals surface area contributed by atoms with Gasteiger partial charge in [-0.2, -0.15) is 4.48 Å². The number of imide groups is 1. The highest BCUT2D eigenvalue weighted by Gasteiger charge is 2.52. The minimum Gasteiger partial charge on any atom is -0.496 e. The van der Waals surface area contributed by atoms with Gasteiger partial charge in [0.15, 0.2) is 6.04 Å². The Labute approximate surface area is 225 Å². The fraction of sp³-hybridized carbons (Fsp3) is 0.500. The van der Waals surface area contributed by atoms with Gasteiger partial charge in [0, 0.05) is 42.4 Å². The first-order valence-electron chi connectivity index (χ1n) is 12.6. The average molecular weight is 546 g/mol. The number of aromatic nitrogens is 1. The second-order valence-electron chi connectivity index (χ2n) is 9.36. The molecular weight excluding hydrogens is 512 g/mol. The summed E-state index contributed by atoms with van der Waals surface area (Å²) in [5.41, 5.74) is 3.30. The number of rotatable bonds is 9. The van der Waals surface area contributed by atoms with Crippen LogP contribution < -0.4 is 15.4 Å². The Balaban J connectivity index is 1.60. The lowest BCUT2D eigenvalue weighted by molar-refractivity contribution is -0.761. The lowest BCUT2D eigenvalue weighted by Crippen LogP contribution is -2.66. The molecule has 204 valence electrons. The standard InChI is InChI=1S/C26H32N4O7S/c1-4-36-21-13-22(31)37-24(21)29-26(34)30(10-5-6-11-30)25(33)19(12-17-14-38-15-27-17)28-23(32)18-8-7-9-20(35-3)16(18)2/h7-9,14-15,19,21,24H,4-6,10-13H2,1-3H3,(H-,28,29,32,34)/p+1/t19-,21-,24+/m0/s1. The maximum Gasteiger partial charge on any atom is 0.427 e. The quantitative estimate of drug-likeness (QED) is 0.362. The van der Waals surface area contributed by atoms with E-state index in [9.17, 15) is 19.2 Å². The molecule has 1 aromatic heterocycles. The van der Waals surface area contributed by atoms with Crippen LogP contribution in [0.15, 0.2) is 29.1 Å². The average Bonchev–Trinajstić information content (AvgIpc) is 3.66. The molecule has 0 spiro atoms. The van der Waals surface area contributed by atoms with E-state index in [1.165, 1.54) is 18.4 Å². The predicted octanol–water partition coefficient (Wildman–Crippen LogP) is 2.33. The van der Waals surface area contributed by atoms with E-state index in [-0.39, 0.29) is 25.9 Å². The van der Waals surface area contributed by atoms with Crippen molar-refractivity contribution in [1.29, 1.82) is 0 Å². The third-order valence-corrected chi connectivity index (χ3v) is 7.63. The Kier molecular flexibility index (Phi) is 8.75. The zero-order chi connectivity index (χ0) is 27.3. The molecule has 0 saturated carbocycles. The number of thiazole rings is 1. The van der Waals surface area contributed by atoms with Gasteiger partial charge in [-0.3, -0.25) is 14.9 Å². The molecule has 4 amide bonds. The van der Waals surface area contributed by atoms with Gasteiger partial charge in [-0.1, -0.05) is 6.07 Å². The van der Waals surface area contributed by atoms with Crippen molar-refractivity contribution in [3.05, 3.63) is 45.9 Å². The molecule has 1 aromatic carbocycles. The summed E-state index contributed by atoms with van der Waals surface area (Å²) < 4.78 is 15.7. The molecule has 2 fully saturated rings. The van der Waals surface area contributed by atoms with Gasteiger partial charge in [-0.15, -0.1) is 11.3 Å². The Morgan fingerprint density at radius 1 is 1.26 bits per heavy atom. The number of quaternary nitrogens is 1. The van der Waals surface area contributed by atoms with Crippen LogP contribution in [-0.4, -0.2) is 78.5 Å². The third kappa shape index (κ3) is 5.71. The normalized spacial score (nSPS) is 21.0.